The van der Waals surface area contributed by atoms with E-state index in [1.165, 1.54) is 42.5 Å². The summed E-state index contributed by atoms with van der Waals surface area (Å²) in [6.07, 6.45) is 3.78. The number of methoxy groups -OCH3 is 1. The lowest BCUT2D eigenvalue weighted by Gasteiger charge is -2.36. The largest absolute Gasteiger partial charge is 0.497 e. The van der Waals surface area contributed by atoms with E-state index in [0.717, 1.165) is 18.8 Å². The number of ether oxygens (including phenoxy) is 1. The number of nitrogens with zero attached hydrogens (tertiary/aromatic N) is 1. The minimum absolute atomic E-state index is 0.652. The van der Waals surface area contributed by atoms with Crippen molar-refractivity contribution in [3.8, 4) is 16.9 Å². The van der Waals surface area contributed by atoms with Gasteiger partial charge in [-0.3, -0.25) is 0 Å². The van der Waals surface area contributed by atoms with E-state index in [1.54, 1.807) is 23.9 Å². The molecule has 0 aromatic heterocycles. The van der Waals surface area contributed by atoms with Crippen LogP contribution in [0.1, 0.15) is 35.4 Å². The Bertz CT molecular complexity index is 829. The molecule has 3 nitrogen and oxygen atoms in total. The molecular weight excluding hydrogens is 308 g/mol. The lowest BCUT2D eigenvalue weighted by molar-refractivity contribution is 0.400. The van der Waals surface area contributed by atoms with Crippen LogP contribution in [0.5, 0.6) is 5.75 Å². The third-order valence-corrected chi connectivity index (χ3v) is 6.34. The van der Waals surface area contributed by atoms with Crippen molar-refractivity contribution in [1.82, 2.24) is 5.32 Å². The smallest absolute Gasteiger partial charge is 0.119 e. The first-order valence-corrected chi connectivity index (χ1v) is 9.55. The average molecular weight is 334 g/mol. The van der Waals surface area contributed by atoms with Gasteiger partial charge in [0.1, 0.15) is 5.75 Å². The van der Waals surface area contributed by atoms with E-state index < -0.39 is 0 Å². The summed E-state index contributed by atoms with van der Waals surface area (Å²) in [6, 6.07) is 12.1. The third-order valence-electron chi connectivity index (χ3n) is 6.34. The third kappa shape index (κ3) is 2.29. The fourth-order valence-electron chi connectivity index (χ4n) is 5.20. The van der Waals surface area contributed by atoms with Crippen LogP contribution in [0.3, 0.4) is 0 Å². The number of hydrogen-bond donors (Lipinski definition) is 1. The van der Waals surface area contributed by atoms with Gasteiger partial charge in [0.2, 0.25) is 0 Å². The van der Waals surface area contributed by atoms with E-state index in [9.17, 15) is 0 Å². The van der Waals surface area contributed by atoms with Gasteiger partial charge < -0.3 is 15.0 Å². The molecule has 0 unspecified atom stereocenters. The standard InChI is InChI=1S/C22H26N2O/c1-14-10-17(25-2)5-6-18(14)16-11-15-4-3-9-24-21-7-8-23-13-20(21)19(12-16)22(15)24/h5-6,10-12,20-21,23H,3-4,7-9,13H2,1-2H3/t20-,21-/m0/s1. The first-order chi connectivity index (χ1) is 12.3. The molecule has 5 rings (SSSR count). The van der Waals surface area contributed by atoms with Crippen LogP contribution in [0.4, 0.5) is 5.69 Å². The molecule has 0 bridgehead atoms. The average Bonchev–Trinajstić information content (AvgIpc) is 2.97. The number of anilines is 1. The van der Waals surface area contributed by atoms with E-state index in [4.69, 9.17) is 4.74 Å². The number of rotatable bonds is 2. The molecule has 2 atom stereocenters. The molecular formula is C22H26N2O. The van der Waals surface area contributed by atoms with Crippen LogP contribution >= 0.6 is 0 Å². The maximum Gasteiger partial charge on any atom is 0.119 e. The lowest BCUT2D eigenvalue weighted by atomic mass is 9.87. The second-order valence-electron chi connectivity index (χ2n) is 7.72. The van der Waals surface area contributed by atoms with Gasteiger partial charge >= 0.3 is 0 Å². The van der Waals surface area contributed by atoms with Gasteiger partial charge in [0, 0.05) is 30.7 Å². The number of piperidine rings is 1. The Hall–Kier alpha value is -2.00. The fraction of sp³-hybridized carbons (Fsp3) is 0.455. The van der Waals surface area contributed by atoms with Gasteiger partial charge in [0.25, 0.3) is 0 Å². The molecule has 0 saturated carbocycles. The van der Waals surface area contributed by atoms with Crippen LogP contribution in [0.15, 0.2) is 30.3 Å². The van der Waals surface area contributed by atoms with Crippen molar-refractivity contribution in [2.24, 2.45) is 0 Å². The zero-order valence-electron chi connectivity index (χ0n) is 15.1. The summed E-state index contributed by atoms with van der Waals surface area (Å²) in [5, 5.41) is 3.62. The molecule has 3 aliphatic rings. The molecule has 3 heterocycles. The second-order valence-corrected chi connectivity index (χ2v) is 7.72. The molecule has 1 saturated heterocycles. The number of nitrogens with one attached hydrogen (secondary N) is 1. The summed E-state index contributed by atoms with van der Waals surface area (Å²) in [5.74, 6) is 1.59. The highest BCUT2D eigenvalue weighted by molar-refractivity contribution is 5.78. The molecule has 2 aromatic rings. The Morgan fingerprint density at radius 2 is 2.12 bits per heavy atom. The maximum absolute atomic E-state index is 5.38. The van der Waals surface area contributed by atoms with Gasteiger partial charge in [-0.1, -0.05) is 6.07 Å². The van der Waals surface area contributed by atoms with Gasteiger partial charge in [-0.05, 0) is 84.8 Å². The minimum atomic E-state index is 0.652. The Balaban J connectivity index is 1.65. The van der Waals surface area contributed by atoms with E-state index >= 15 is 0 Å². The Morgan fingerprint density at radius 1 is 1.20 bits per heavy atom. The quantitative estimate of drug-likeness (QED) is 0.902. The first kappa shape index (κ1) is 15.3. The number of fused-ring (bicyclic) bond motifs is 3. The SMILES string of the molecule is COc1ccc(-c2cc3c4c(c2)[C@@H]2CNCC[C@@H]2N4CCC3)c(C)c1. The highest BCUT2D eigenvalue weighted by Gasteiger charge is 2.42. The van der Waals surface area contributed by atoms with Crippen LogP contribution in [0.25, 0.3) is 11.1 Å². The maximum atomic E-state index is 5.38. The van der Waals surface area contributed by atoms with Crippen LogP contribution in [-0.2, 0) is 6.42 Å². The molecule has 0 amide bonds. The minimum Gasteiger partial charge on any atom is -0.497 e. The van der Waals surface area contributed by atoms with E-state index in [2.05, 4.69) is 47.5 Å². The van der Waals surface area contributed by atoms with Crippen molar-refractivity contribution in [2.75, 3.05) is 31.6 Å². The molecule has 0 radical (unpaired) electrons. The van der Waals surface area contributed by atoms with Crippen molar-refractivity contribution in [3.63, 3.8) is 0 Å². The Morgan fingerprint density at radius 3 is 2.96 bits per heavy atom. The highest BCUT2D eigenvalue weighted by atomic mass is 16.5. The topological polar surface area (TPSA) is 24.5 Å². The predicted octanol–water partition coefficient (Wildman–Crippen LogP) is 3.88. The molecule has 25 heavy (non-hydrogen) atoms. The van der Waals surface area contributed by atoms with E-state index in [1.807, 2.05) is 0 Å². The summed E-state index contributed by atoms with van der Waals surface area (Å²) in [7, 11) is 1.73. The van der Waals surface area contributed by atoms with Crippen molar-refractivity contribution in [1.29, 1.82) is 0 Å². The fourth-order valence-corrected chi connectivity index (χ4v) is 5.20. The normalized spacial score (nSPS) is 24.0. The summed E-state index contributed by atoms with van der Waals surface area (Å²) >= 11 is 0. The van der Waals surface area contributed by atoms with Gasteiger partial charge in [-0.15, -0.1) is 0 Å². The molecule has 0 aliphatic carbocycles. The predicted molar refractivity (Wildman–Crippen MR) is 103 cm³/mol. The summed E-state index contributed by atoms with van der Waals surface area (Å²) in [6.45, 7) is 5.71. The van der Waals surface area contributed by atoms with Crippen LogP contribution in [0.2, 0.25) is 0 Å². The number of aryl methyl sites for hydroxylation is 2. The second kappa shape index (κ2) is 5.77. The van der Waals surface area contributed by atoms with Crippen molar-refractivity contribution >= 4 is 5.69 Å². The molecule has 1 N–H and O–H groups in total. The van der Waals surface area contributed by atoms with E-state index in [0.29, 0.717) is 12.0 Å². The van der Waals surface area contributed by atoms with Gasteiger partial charge in [-0.2, -0.15) is 0 Å². The molecule has 1 fully saturated rings. The van der Waals surface area contributed by atoms with Crippen LogP contribution < -0.4 is 15.0 Å². The molecule has 0 spiro atoms. The first-order valence-electron chi connectivity index (χ1n) is 9.55. The highest BCUT2D eigenvalue weighted by Crippen LogP contribution is 2.49. The van der Waals surface area contributed by atoms with Gasteiger partial charge in [0.05, 0.1) is 7.11 Å². The summed E-state index contributed by atoms with van der Waals surface area (Å²) in [4.78, 5) is 2.73. The van der Waals surface area contributed by atoms with Gasteiger partial charge in [-0.25, -0.2) is 0 Å². The van der Waals surface area contributed by atoms with Crippen molar-refractivity contribution in [2.45, 2.75) is 38.1 Å². The van der Waals surface area contributed by atoms with E-state index in [-0.39, 0.29) is 0 Å². The monoisotopic (exact) mass is 334 g/mol. The summed E-state index contributed by atoms with van der Waals surface area (Å²) in [5.41, 5.74) is 8.71. The van der Waals surface area contributed by atoms with Crippen LogP contribution in [0, 0.1) is 6.92 Å². The molecule has 2 aromatic carbocycles. The zero-order valence-corrected chi connectivity index (χ0v) is 15.1. The molecule has 130 valence electrons. The Kier molecular flexibility index (Phi) is 3.53. The Labute approximate surface area is 150 Å². The molecule has 3 aliphatic heterocycles. The summed E-state index contributed by atoms with van der Waals surface area (Å²) < 4.78 is 5.38. The van der Waals surface area contributed by atoms with Crippen molar-refractivity contribution < 1.29 is 4.74 Å². The van der Waals surface area contributed by atoms with Crippen LogP contribution in [-0.4, -0.2) is 32.8 Å². The molecule has 3 heteroatoms. The number of hydrogen-bond acceptors (Lipinski definition) is 3. The zero-order chi connectivity index (χ0) is 17.0. The van der Waals surface area contributed by atoms with Crippen molar-refractivity contribution in [3.05, 3.63) is 47.0 Å². The van der Waals surface area contributed by atoms with Gasteiger partial charge in [0.15, 0.2) is 0 Å². The number of benzene rings is 2. The lowest BCUT2D eigenvalue weighted by Crippen LogP contribution is -2.45.